The number of hydrogen-bond acceptors (Lipinski definition) is 4. The summed E-state index contributed by atoms with van der Waals surface area (Å²) < 4.78 is 1.82. The summed E-state index contributed by atoms with van der Waals surface area (Å²) in [6, 6.07) is 7.76. The molecule has 0 bridgehead atoms. The third-order valence-electron chi connectivity index (χ3n) is 3.06. The van der Waals surface area contributed by atoms with Gasteiger partial charge in [0, 0.05) is 25.9 Å². The minimum absolute atomic E-state index is 0.142. The van der Waals surface area contributed by atoms with Crippen LogP contribution in [0, 0.1) is 17.2 Å². The van der Waals surface area contributed by atoms with Crippen molar-refractivity contribution >= 4 is 23.5 Å². The number of carbonyl (C=O) groups is 1. The molecule has 1 unspecified atom stereocenters. The Hall–Kier alpha value is -2.81. The SMILES string of the molecule is CC(C#N)CN(C)c1nc2ccccn2c1C=CC(=O)O. The Morgan fingerprint density at radius 3 is 3.05 bits per heavy atom. The van der Waals surface area contributed by atoms with Crippen LogP contribution in [0.4, 0.5) is 5.82 Å². The van der Waals surface area contributed by atoms with Crippen LogP contribution >= 0.6 is 0 Å². The number of carboxylic acid groups (broad SMARTS) is 1. The largest absolute Gasteiger partial charge is 0.478 e. The Labute approximate surface area is 122 Å². The van der Waals surface area contributed by atoms with E-state index in [0.29, 0.717) is 18.1 Å². The molecule has 2 rings (SSSR count). The molecule has 2 heterocycles. The zero-order valence-electron chi connectivity index (χ0n) is 11.9. The molecule has 21 heavy (non-hydrogen) atoms. The van der Waals surface area contributed by atoms with Crippen molar-refractivity contribution in [2.24, 2.45) is 5.92 Å². The first kappa shape index (κ1) is 14.6. The van der Waals surface area contributed by atoms with Crippen molar-refractivity contribution in [2.45, 2.75) is 6.92 Å². The first-order valence-electron chi connectivity index (χ1n) is 6.51. The fourth-order valence-corrected chi connectivity index (χ4v) is 2.13. The van der Waals surface area contributed by atoms with Gasteiger partial charge in [-0.15, -0.1) is 0 Å². The molecule has 6 heteroatoms. The van der Waals surface area contributed by atoms with E-state index in [2.05, 4.69) is 11.1 Å². The molecule has 0 amide bonds. The highest BCUT2D eigenvalue weighted by molar-refractivity contribution is 5.86. The van der Waals surface area contributed by atoms with E-state index in [1.54, 1.807) is 0 Å². The summed E-state index contributed by atoms with van der Waals surface area (Å²) in [5, 5.41) is 17.7. The molecular weight excluding hydrogens is 268 g/mol. The van der Waals surface area contributed by atoms with E-state index in [1.807, 2.05) is 47.7 Å². The Balaban J connectivity index is 2.49. The van der Waals surface area contributed by atoms with Gasteiger partial charge in [0.05, 0.1) is 17.7 Å². The van der Waals surface area contributed by atoms with Crippen LogP contribution in [0.25, 0.3) is 11.7 Å². The maximum absolute atomic E-state index is 10.8. The van der Waals surface area contributed by atoms with Gasteiger partial charge >= 0.3 is 5.97 Å². The van der Waals surface area contributed by atoms with Crippen molar-refractivity contribution in [1.29, 1.82) is 5.26 Å². The maximum Gasteiger partial charge on any atom is 0.328 e. The molecule has 0 aliphatic rings. The lowest BCUT2D eigenvalue weighted by atomic mass is 10.2. The van der Waals surface area contributed by atoms with Gasteiger partial charge < -0.3 is 10.0 Å². The van der Waals surface area contributed by atoms with E-state index in [4.69, 9.17) is 10.4 Å². The van der Waals surface area contributed by atoms with Crippen molar-refractivity contribution in [3.63, 3.8) is 0 Å². The molecule has 0 radical (unpaired) electrons. The summed E-state index contributed by atoms with van der Waals surface area (Å²) in [5.41, 5.74) is 1.41. The Kier molecular flexibility index (Phi) is 4.24. The summed E-state index contributed by atoms with van der Waals surface area (Å²) in [4.78, 5) is 17.1. The van der Waals surface area contributed by atoms with Crippen LogP contribution in [-0.4, -0.2) is 34.1 Å². The van der Waals surface area contributed by atoms with Crippen LogP contribution in [0.2, 0.25) is 0 Å². The number of pyridine rings is 1. The molecule has 0 spiro atoms. The number of nitrogens with zero attached hydrogens (tertiary/aromatic N) is 4. The number of aromatic nitrogens is 2. The molecule has 0 aliphatic carbocycles. The summed E-state index contributed by atoms with van der Waals surface area (Å²) in [6.07, 6.45) is 4.43. The van der Waals surface area contributed by atoms with Gasteiger partial charge in [0.15, 0.2) is 5.82 Å². The van der Waals surface area contributed by atoms with Crippen LogP contribution in [0.15, 0.2) is 30.5 Å². The predicted octanol–water partition coefficient (Wildman–Crippen LogP) is 2.03. The van der Waals surface area contributed by atoms with Crippen molar-refractivity contribution in [2.75, 3.05) is 18.5 Å². The molecule has 0 saturated heterocycles. The molecule has 0 fully saturated rings. The zero-order chi connectivity index (χ0) is 15.4. The number of imidazole rings is 1. The number of rotatable bonds is 5. The first-order chi connectivity index (χ1) is 10.0. The average molecular weight is 284 g/mol. The number of anilines is 1. The summed E-state index contributed by atoms with van der Waals surface area (Å²) in [6.45, 7) is 2.35. The molecular formula is C15H16N4O2. The van der Waals surface area contributed by atoms with Crippen molar-refractivity contribution in [3.8, 4) is 6.07 Å². The smallest absolute Gasteiger partial charge is 0.328 e. The quantitative estimate of drug-likeness (QED) is 0.849. The van der Waals surface area contributed by atoms with E-state index in [9.17, 15) is 4.79 Å². The number of aliphatic carboxylic acids is 1. The number of nitriles is 1. The Morgan fingerprint density at radius 2 is 2.38 bits per heavy atom. The normalized spacial score (nSPS) is 12.4. The minimum atomic E-state index is -1.01. The van der Waals surface area contributed by atoms with E-state index >= 15 is 0 Å². The van der Waals surface area contributed by atoms with Gasteiger partial charge in [-0.2, -0.15) is 5.26 Å². The van der Waals surface area contributed by atoms with Gasteiger partial charge in [0.1, 0.15) is 5.65 Å². The predicted molar refractivity (Wildman–Crippen MR) is 79.9 cm³/mol. The number of fused-ring (bicyclic) bond motifs is 1. The monoisotopic (exact) mass is 284 g/mol. The van der Waals surface area contributed by atoms with Crippen LogP contribution < -0.4 is 4.90 Å². The number of carboxylic acids is 1. The summed E-state index contributed by atoms with van der Waals surface area (Å²) in [5.74, 6) is -0.503. The van der Waals surface area contributed by atoms with E-state index < -0.39 is 5.97 Å². The first-order valence-corrected chi connectivity index (χ1v) is 6.51. The van der Waals surface area contributed by atoms with Gasteiger partial charge in [-0.3, -0.25) is 4.40 Å². The highest BCUT2D eigenvalue weighted by Gasteiger charge is 2.15. The third kappa shape index (κ3) is 3.20. The van der Waals surface area contributed by atoms with E-state index in [1.165, 1.54) is 6.08 Å². The van der Waals surface area contributed by atoms with Crippen LogP contribution in [0.5, 0.6) is 0 Å². The molecule has 0 aliphatic heterocycles. The number of hydrogen-bond donors (Lipinski definition) is 1. The molecule has 1 atom stereocenters. The molecule has 2 aromatic rings. The molecule has 1 N–H and O–H groups in total. The molecule has 108 valence electrons. The maximum atomic E-state index is 10.8. The van der Waals surface area contributed by atoms with Gasteiger partial charge in [-0.05, 0) is 25.1 Å². The molecule has 6 nitrogen and oxygen atoms in total. The lowest BCUT2D eigenvalue weighted by Gasteiger charge is -2.18. The van der Waals surface area contributed by atoms with E-state index in [0.717, 1.165) is 11.7 Å². The molecule has 0 aromatic carbocycles. The minimum Gasteiger partial charge on any atom is -0.478 e. The fraction of sp³-hybridized carbons (Fsp3) is 0.267. The Bertz CT molecular complexity index is 727. The summed E-state index contributed by atoms with van der Waals surface area (Å²) >= 11 is 0. The summed E-state index contributed by atoms with van der Waals surface area (Å²) in [7, 11) is 1.84. The average Bonchev–Trinajstić information content (AvgIpc) is 2.83. The van der Waals surface area contributed by atoms with E-state index in [-0.39, 0.29) is 5.92 Å². The van der Waals surface area contributed by atoms with Gasteiger partial charge in [0.25, 0.3) is 0 Å². The second-order valence-corrected chi connectivity index (χ2v) is 4.83. The molecule has 0 saturated carbocycles. The topological polar surface area (TPSA) is 81.6 Å². The van der Waals surface area contributed by atoms with Gasteiger partial charge in [-0.1, -0.05) is 6.07 Å². The van der Waals surface area contributed by atoms with Gasteiger partial charge in [0.2, 0.25) is 0 Å². The van der Waals surface area contributed by atoms with Crippen LogP contribution in [-0.2, 0) is 4.79 Å². The third-order valence-corrected chi connectivity index (χ3v) is 3.06. The van der Waals surface area contributed by atoms with Crippen LogP contribution in [0.3, 0.4) is 0 Å². The van der Waals surface area contributed by atoms with Crippen molar-refractivity contribution in [3.05, 3.63) is 36.2 Å². The Morgan fingerprint density at radius 1 is 1.62 bits per heavy atom. The lowest BCUT2D eigenvalue weighted by Crippen LogP contribution is -2.24. The zero-order valence-corrected chi connectivity index (χ0v) is 11.9. The fourth-order valence-electron chi connectivity index (χ4n) is 2.13. The molecule has 2 aromatic heterocycles. The van der Waals surface area contributed by atoms with Crippen molar-refractivity contribution < 1.29 is 9.90 Å². The second kappa shape index (κ2) is 6.09. The van der Waals surface area contributed by atoms with Crippen LogP contribution in [0.1, 0.15) is 12.6 Å². The second-order valence-electron chi connectivity index (χ2n) is 4.83. The highest BCUT2D eigenvalue weighted by atomic mass is 16.4. The lowest BCUT2D eigenvalue weighted by molar-refractivity contribution is -0.131. The van der Waals surface area contributed by atoms with Gasteiger partial charge in [-0.25, -0.2) is 9.78 Å². The standard InChI is InChI=1S/C15H16N4O2/c1-11(9-16)10-18(2)15-12(6-7-14(20)21)19-8-4-3-5-13(19)17-15/h3-8,11H,10H2,1-2H3,(H,20,21). The highest BCUT2D eigenvalue weighted by Crippen LogP contribution is 2.23. The van der Waals surface area contributed by atoms with Crippen molar-refractivity contribution in [1.82, 2.24) is 9.38 Å².